The van der Waals surface area contributed by atoms with Crippen molar-refractivity contribution in [2.45, 2.75) is 63.7 Å². The lowest BCUT2D eigenvalue weighted by Gasteiger charge is -2.28. The summed E-state index contributed by atoms with van der Waals surface area (Å²) >= 11 is 5.89. The van der Waals surface area contributed by atoms with Gasteiger partial charge in [0.15, 0.2) is 0 Å². The van der Waals surface area contributed by atoms with E-state index in [0.717, 1.165) is 18.6 Å². The summed E-state index contributed by atoms with van der Waals surface area (Å²) < 4.78 is 25.2. The zero-order chi connectivity index (χ0) is 26.5. The van der Waals surface area contributed by atoms with E-state index in [1.807, 2.05) is 17.0 Å². The second kappa shape index (κ2) is 15.5. The molecule has 0 saturated carbocycles. The molecule has 0 bridgehead atoms. The summed E-state index contributed by atoms with van der Waals surface area (Å²) in [5, 5.41) is 6.91. The van der Waals surface area contributed by atoms with E-state index in [1.54, 1.807) is 36.4 Å². The van der Waals surface area contributed by atoms with E-state index in [2.05, 4.69) is 17.4 Å². The molecule has 2 aromatic rings. The minimum absolute atomic E-state index is 0.0985. The van der Waals surface area contributed by atoms with E-state index in [4.69, 9.17) is 21.1 Å². The molecule has 9 heteroatoms. The van der Waals surface area contributed by atoms with E-state index in [0.29, 0.717) is 42.5 Å². The predicted molar refractivity (Wildman–Crippen MR) is 144 cm³/mol. The second-order valence-electron chi connectivity index (χ2n) is 9.40. The number of halogens is 2. The van der Waals surface area contributed by atoms with Crippen LogP contribution in [-0.2, 0) is 4.79 Å². The van der Waals surface area contributed by atoms with E-state index < -0.39 is 18.3 Å². The first-order chi connectivity index (χ1) is 18.0. The van der Waals surface area contributed by atoms with Crippen molar-refractivity contribution in [2.24, 2.45) is 5.18 Å². The number of benzene rings is 2. The SMILES string of the molecule is CCCCCCOc1ccc([C@@H](N=O)[C@@H](CN2CC[C@@H](F)C2)NC(=O)CCOc2ccc(Cl)cc2)cc1. The fourth-order valence-corrected chi connectivity index (χ4v) is 4.50. The number of carbonyl (C=O) groups excluding carboxylic acids is 1. The summed E-state index contributed by atoms with van der Waals surface area (Å²) in [7, 11) is 0. The third-order valence-electron chi connectivity index (χ3n) is 6.41. The number of nitroso groups, excluding NO2 is 1. The number of likely N-dealkylation sites (tertiary alicyclic amines) is 1. The number of carbonyl (C=O) groups is 1. The minimum atomic E-state index is -0.902. The van der Waals surface area contributed by atoms with Crippen LogP contribution in [0.2, 0.25) is 5.02 Å². The maximum atomic E-state index is 13.8. The second-order valence-corrected chi connectivity index (χ2v) is 9.84. The Kier molecular flexibility index (Phi) is 12.1. The number of alkyl halides is 1. The molecule has 1 saturated heterocycles. The highest BCUT2D eigenvalue weighted by atomic mass is 35.5. The van der Waals surface area contributed by atoms with Crippen molar-refractivity contribution < 1.29 is 18.7 Å². The van der Waals surface area contributed by atoms with Gasteiger partial charge in [0.05, 0.1) is 25.7 Å². The van der Waals surface area contributed by atoms with Crippen LogP contribution in [0.4, 0.5) is 4.39 Å². The summed E-state index contributed by atoms with van der Waals surface area (Å²) in [6, 6.07) is 12.7. The molecular formula is C28H37ClFN3O4. The number of hydrogen-bond donors (Lipinski definition) is 1. The van der Waals surface area contributed by atoms with Crippen molar-refractivity contribution >= 4 is 17.5 Å². The first kappa shape index (κ1) is 28.9. The lowest BCUT2D eigenvalue weighted by molar-refractivity contribution is -0.122. The summed E-state index contributed by atoms with van der Waals surface area (Å²) in [4.78, 5) is 26.7. The van der Waals surface area contributed by atoms with Gasteiger partial charge in [0.25, 0.3) is 0 Å². The standard InChI is InChI=1S/C28H37ClFN3O4/c1-2-3-4-5-17-36-24-10-6-21(7-11-24)28(32-35)26(20-33-16-14-23(30)19-33)31-27(34)15-18-37-25-12-8-22(29)9-13-25/h6-13,23,26,28H,2-5,14-20H2,1H3,(H,31,34)/t23-,26-,28-/m1/s1. The lowest BCUT2D eigenvalue weighted by Crippen LogP contribution is -2.46. The Morgan fingerprint density at radius 2 is 1.76 bits per heavy atom. The molecular weight excluding hydrogens is 497 g/mol. The monoisotopic (exact) mass is 533 g/mol. The Bertz CT molecular complexity index is 961. The molecule has 1 aliphatic rings. The molecule has 0 unspecified atom stereocenters. The van der Waals surface area contributed by atoms with Crippen LogP contribution in [0.25, 0.3) is 0 Å². The molecule has 0 radical (unpaired) electrons. The third kappa shape index (κ3) is 9.93. The van der Waals surface area contributed by atoms with Gasteiger partial charge in [-0.1, -0.05) is 55.1 Å². The molecule has 1 heterocycles. The molecule has 3 rings (SSSR count). The molecule has 1 amide bonds. The van der Waals surface area contributed by atoms with Crippen LogP contribution >= 0.6 is 11.6 Å². The molecule has 1 N–H and O–H groups in total. The molecule has 37 heavy (non-hydrogen) atoms. The molecule has 3 atom stereocenters. The smallest absolute Gasteiger partial charge is 0.223 e. The number of ether oxygens (including phenoxy) is 2. The van der Waals surface area contributed by atoms with Gasteiger partial charge in [-0.2, -0.15) is 4.91 Å². The van der Waals surface area contributed by atoms with Crippen LogP contribution in [0.15, 0.2) is 53.7 Å². The van der Waals surface area contributed by atoms with Crippen LogP contribution in [0.5, 0.6) is 11.5 Å². The van der Waals surface area contributed by atoms with Crippen molar-refractivity contribution in [1.29, 1.82) is 0 Å². The fourth-order valence-electron chi connectivity index (χ4n) is 4.37. The van der Waals surface area contributed by atoms with Crippen LogP contribution in [0.3, 0.4) is 0 Å². The summed E-state index contributed by atoms with van der Waals surface area (Å²) in [5.74, 6) is 1.07. The molecule has 0 aromatic heterocycles. The molecule has 1 aliphatic heterocycles. The van der Waals surface area contributed by atoms with Gasteiger partial charge in [0.2, 0.25) is 5.91 Å². The fraction of sp³-hybridized carbons (Fsp3) is 0.536. The maximum Gasteiger partial charge on any atom is 0.223 e. The van der Waals surface area contributed by atoms with Gasteiger partial charge in [-0.15, -0.1) is 0 Å². The molecule has 0 spiro atoms. The Labute approximate surface area is 223 Å². The largest absolute Gasteiger partial charge is 0.494 e. The summed E-state index contributed by atoms with van der Waals surface area (Å²) in [5.41, 5.74) is 0.673. The van der Waals surface area contributed by atoms with Crippen molar-refractivity contribution in [2.75, 3.05) is 32.8 Å². The number of amides is 1. The van der Waals surface area contributed by atoms with Gasteiger partial charge in [-0.05, 0) is 54.8 Å². The van der Waals surface area contributed by atoms with Crippen molar-refractivity contribution in [3.05, 3.63) is 64.0 Å². The number of rotatable bonds is 16. The van der Waals surface area contributed by atoms with E-state index in [9.17, 15) is 14.1 Å². The predicted octanol–water partition coefficient (Wildman–Crippen LogP) is 6.10. The van der Waals surface area contributed by atoms with Crippen LogP contribution in [0, 0.1) is 4.91 Å². The quantitative estimate of drug-likeness (QED) is 0.208. The molecule has 7 nitrogen and oxygen atoms in total. The van der Waals surface area contributed by atoms with Crippen LogP contribution in [0.1, 0.15) is 57.1 Å². The van der Waals surface area contributed by atoms with Crippen LogP contribution in [-0.4, -0.2) is 55.9 Å². The van der Waals surface area contributed by atoms with E-state index in [-0.39, 0.29) is 25.5 Å². The Balaban J connectivity index is 1.60. The topological polar surface area (TPSA) is 80.2 Å². The van der Waals surface area contributed by atoms with Gasteiger partial charge >= 0.3 is 0 Å². The lowest BCUT2D eigenvalue weighted by atomic mass is 9.99. The third-order valence-corrected chi connectivity index (χ3v) is 6.66. The first-order valence-electron chi connectivity index (χ1n) is 13.1. The van der Waals surface area contributed by atoms with Gasteiger partial charge < -0.3 is 14.8 Å². The molecule has 0 aliphatic carbocycles. The first-order valence-corrected chi connectivity index (χ1v) is 13.5. The number of nitrogens with one attached hydrogen (secondary N) is 1. The Morgan fingerprint density at radius 1 is 1.08 bits per heavy atom. The van der Waals surface area contributed by atoms with E-state index in [1.165, 1.54) is 12.8 Å². The highest BCUT2D eigenvalue weighted by molar-refractivity contribution is 6.30. The highest BCUT2D eigenvalue weighted by Crippen LogP contribution is 2.26. The van der Waals surface area contributed by atoms with E-state index >= 15 is 0 Å². The number of nitrogens with zero attached hydrogens (tertiary/aromatic N) is 2. The van der Waals surface area contributed by atoms with Crippen molar-refractivity contribution in [3.63, 3.8) is 0 Å². The van der Waals surface area contributed by atoms with Crippen LogP contribution < -0.4 is 14.8 Å². The van der Waals surface area contributed by atoms with Gasteiger partial charge in [0.1, 0.15) is 23.7 Å². The minimum Gasteiger partial charge on any atom is -0.494 e. The Hall–Kier alpha value is -2.71. The summed E-state index contributed by atoms with van der Waals surface area (Å²) in [6.07, 6.45) is 4.13. The normalized spacial score (nSPS) is 17.2. The molecule has 1 fully saturated rings. The van der Waals surface area contributed by atoms with Crippen molar-refractivity contribution in [1.82, 2.24) is 10.2 Å². The average molecular weight is 534 g/mol. The maximum absolute atomic E-state index is 13.8. The van der Waals surface area contributed by atoms with Gasteiger partial charge in [-0.3, -0.25) is 9.69 Å². The highest BCUT2D eigenvalue weighted by Gasteiger charge is 2.31. The Morgan fingerprint density at radius 3 is 2.38 bits per heavy atom. The van der Waals surface area contributed by atoms with Crippen molar-refractivity contribution in [3.8, 4) is 11.5 Å². The zero-order valence-electron chi connectivity index (χ0n) is 21.4. The number of hydrogen-bond acceptors (Lipinski definition) is 6. The molecule has 202 valence electrons. The number of unbranched alkanes of at least 4 members (excludes halogenated alkanes) is 3. The van der Waals surface area contributed by atoms with Gasteiger partial charge in [-0.25, -0.2) is 4.39 Å². The molecule has 2 aromatic carbocycles. The zero-order valence-corrected chi connectivity index (χ0v) is 22.2. The average Bonchev–Trinajstić information content (AvgIpc) is 3.30. The van der Waals surface area contributed by atoms with Gasteiger partial charge in [0, 0.05) is 24.7 Å². The summed E-state index contributed by atoms with van der Waals surface area (Å²) in [6.45, 7) is 4.16.